The van der Waals surface area contributed by atoms with Crippen LogP contribution in [0.4, 0.5) is 5.13 Å². The molecule has 0 unspecified atom stereocenters. The summed E-state index contributed by atoms with van der Waals surface area (Å²) in [5.74, 6) is -0.946. The summed E-state index contributed by atoms with van der Waals surface area (Å²) in [6, 6.07) is 0. The zero-order chi connectivity index (χ0) is 10.7. The average molecular weight is 241 g/mol. The molecule has 0 aromatic carbocycles. The lowest BCUT2D eigenvalue weighted by Gasteiger charge is -1.97. The molecule has 0 spiro atoms. The Kier molecular flexibility index (Phi) is 2.93. The molecule has 2 rings (SSSR count). The monoisotopic (exact) mass is 241 g/mol. The third-order valence-electron chi connectivity index (χ3n) is 1.61. The van der Waals surface area contributed by atoms with Gasteiger partial charge in [-0.3, -0.25) is 4.98 Å². The molecule has 78 valence electrons. The molecule has 0 saturated carbocycles. The second-order valence-electron chi connectivity index (χ2n) is 2.66. The number of carboxylic acid groups (broad SMARTS) is 1. The van der Waals surface area contributed by atoms with Gasteiger partial charge in [-0.1, -0.05) is 11.3 Å². The SMILES string of the molecule is O=C(O)c1cnc(NCc2cncs2)s1. The highest BCUT2D eigenvalue weighted by atomic mass is 32.1. The highest BCUT2D eigenvalue weighted by molar-refractivity contribution is 7.17. The molecule has 0 aliphatic rings. The Balaban J connectivity index is 1.96. The second-order valence-corrected chi connectivity index (χ2v) is 4.66. The van der Waals surface area contributed by atoms with Crippen LogP contribution in [0.2, 0.25) is 0 Å². The largest absolute Gasteiger partial charge is 0.477 e. The van der Waals surface area contributed by atoms with Crippen molar-refractivity contribution in [3.05, 3.63) is 27.7 Å². The zero-order valence-corrected chi connectivity index (χ0v) is 9.14. The van der Waals surface area contributed by atoms with E-state index in [4.69, 9.17) is 5.11 Å². The molecule has 2 aromatic heterocycles. The van der Waals surface area contributed by atoms with Gasteiger partial charge in [-0.25, -0.2) is 9.78 Å². The minimum absolute atomic E-state index is 0.238. The van der Waals surface area contributed by atoms with Gasteiger partial charge in [0.15, 0.2) is 5.13 Å². The molecule has 2 aromatic rings. The second kappa shape index (κ2) is 4.37. The van der Waals surface area contributed by atoms with Crippen LogP contribution in [0.5, 0.6) is 0 Å². The molecule has 0 saturated heterocycles. The molecule has 0 aliphatic heterocycles. The van der Waals surface area contributed by atoms with Gasteiger partial charge in [-0.2, -0.15) is 0 Å². The van der Waals surface area contributed by atoms with E-state index in [2.05, 4.69) is 15.3 Å². The predicted octanol–water partition coefficient (Wildman–Crippen LogP) is 1.91. The Bertz CT molecular complexity index is 452. The maximum absolute atomic E-state index is 10.6. The number of aromatic nitrogens is 2. The van der Waals surface area contributed by atoms with Crippen LogP contribution in [0.1, 0.15) is 14.5 Å². The predicted molar refractivity (Wildman–Crippen MR) is 58.5 cm³/mol. The number of nitrogens with zero attached hydrogens (tertiary/aromatic N) is 2. The lowest BCUT2D eigenvalue weighted by Crippen LogP contribution is -1.96. The summed E-state index contributed by atoms with van der Waals surface area (Å²) in [5, 5.41) is 12.3. The highest BCUT2D eigenvalue weighted by Crippen LogP contribution is 2.19. The number of thiazole rings is 2. The van der Waals surface area contributed by atoms with E-state index in [-0.39, 0.29) is 4.88 Å². The van der Waals surface area contributed by atoms with Gasteiger partial charge >= 0.3 is 5.97 Å². The summed E-state index contributed by atoms with van der Waals surface area (Å²) < 4.78 is 0. The van der Waals surface area contributed by atoms with Crippen LogP contribution >= 0.6 is 22.7 Å². The fraction of sp³-hybridized carbons (Fsp3) is 0.125. The van der Waals surface area contributed by atoms with E-state index >= 15 is 0 Å². The number of carbonyl (C=O) groups is 1. The first-order chi connectivity index (χ1) is 7.25. The van der Waals surface area contributed by atoms with Crippen LogP contribution in [-0.2, 0) is 6.54 Å². The van der Waals surface area contributed by atoms with Crippen LogP contribution in [0, 0.1) is 0 Å². The number of hydrogen-bond acceptors (Lipinski definition) is 6. The number of anilines is 1. The summed E-state index contributed by atoms with van der Waals surface area (Å²) in [4.78, 5) is 19.8. The van der Waals surface area contributed by atoms with Crippen molar-refractivity contribution in [3.63, 3.8) is 0 Å². The third-order valence-corrected chi connectivity index (χ3v) is 3.34. The minimum atomic E-state index is -0.946. The van der Waals surface area contributed by atoms with Crippen LogP contribution in [-0.4, -0.2) is 21.0 Å². The van der Waals surface area contributed by atoms with Crippen molar-refractivity contribution in [1.82, 2.24) is 9.97 Å². The molecule has 5 nitrogen and oxygen atoms in total. The maximum Gasteiger partial charge on any atom is 0.347 e. The van der Waals surface area contributed by atoms with Crippen LogP contribution in [0.25, 0.3) is 0 Å². The van der Waals surface area contributed by atoms with Crippen molar-refractivity contribution in [1.29, 1.82) is 0 Å². The van der Waals surface area contributed by atoms with E-state index in [1.165, 1.54) is 6.20 Å². The molecule has 2 heterocycles. The van der Waals surface area contributed by atoms with Crippen LogP contribution < -0.4 is 5.32 Å². The van der Waals surface area contributed by atoms with Gasteiger partial charge in [-0.05, 0) is 0 Å². The Morgan fingerprint density at radius 3 is 3.00 bits per heavy atom. The van der Waals surface area contributed by atoms with E-state index < -0.39 is 5.97 Å². The normalized spacial score (nSPS) is 10.1. The number of nitrogens with one attached hydrogen (secondary N) is 1. The maximum atomic E-state index is 10.6. The summed E-state index contributed by atoms with van der Waals surface area (Å²) in [5.41, 5.74) is 1.75. The molecule has 0 amide bonds. The third kappa shape index (κ3) is 2.51. The van der Waals surface area contributed by atoms with E-state index in [0.717, 1.165) is 16.2 Å². The average Bonchev–Trinajstić information content (AvgIpc) is 2.86. The number of hydrogen-bond donors (Lipinski definition) is 2. The fourth-order valence-electron chi connectivity index (χ4n) is 0.947. The summed E-state index contributed by atoms with van der Waals surface area (Å²) in [6.07, 6.45) is 3.12. The molecule has 0 bridgehead atoms. The van der Waals surface area contributed by atoms with Gasteiger partial charge in [0.05, 0.1) is 18.3 Å². The van der Waals surface area contributed by atoms with Crippen LogP contribution in [0.15, 0.2) is 17.9 Å². The van der Waals surface area contributed by atoms with Crippen molar-refractivity contribution in [2.75, 3.05) is 5.32 Å². The molecule has 7 heteroatoms. The summed E-state index contributed by atoms with van der Waals surface area (Å²) >= 11 is 2.67. The smallest absolute Gasteiger partial charge is 0.347 e. The number of aromatic carboxylic acids is 1. The first-order valence-electron chi connectivity index (χ1n) is 4.06. The van der Waals surface area contributed by atoms with E-state index in [0.29, 0.717) is 11.7 Å². The Labute approximate surface area is 93.4 Å². The molecule has 15 heavy (non-hydrogen) atoms. The van der Waals surface area contributed by atoms with Gasteiger partial charge in [0.1, 0.15) is 4.88 Å². The Morgan fingerprint density at radius 2 is 2.40 bits per heavy atom. The first-order valence-corrected chi connectivity index (χ1v) is 5.75. The number of rotatable bonds is 4. The van der Waals surface area contributed by atoms with Gasteiger partial charge < -0.3 is 10.4 Å². The van der Waals surface area contributed by atoms with Gasteiger partial charge in [-0.15, -0.1) is 11.3 Å². The molecule has 0 atom stereocenters. The van der Waals surface area contributed by atoms with Gasteiger partial charge in [0.2, 0.25) is 0 Å². The molecule has 0 aliphatic carbocycles. The van der Waals surface area contributed by atoms with E-state index in [1.807, 2.05) is 0 Å². The Morgan fingerprint density at radius 1 is 1.53 bits per heavy atom. The summed E-state index contributed by atoms with van der Waals surface area (Å²) in [6.45, 7) is 0.622. The lowest BCUT2D eigenvalue weighted by atomic mass is 10.5. The van der Waals surface area contributed by atoms with E-state index in [9.17, 15) is 4.79 Å². The lowest BCUT2D eigenvalue weighted by molar-refractivity contribution is 0.0702. The topological polar surface area (TPSA) is 75.1 Å². The van der Waals surface area contributed by atoms with Crippen molar-refractivity contribution >= 4 is 33.8 Å². The molecule has 0 radical (unpaired) electrons. The zero-order valence-electron chi connectivity index (χ0n) is 7.51. The van der Waals surface area contributed by atoms with Gasteiger partial charge in [0, 0.05) is 11.1 Å². The van der Waals surface area contributed by atoms with Crippen molar-refractivity contribution in [2.24, 2.45) is 0 Å². The van der Waals surface area contributed by atoms with Crippen molar-refractivity contribution in [2.45, 2.75) is 6.54 Å². The van der Waals surface area contributed by atoms with Crippen molar-refractivity contribution < 1.29 is 9.90 Å². The number of carboxylic acids is 1. The summed E-state index contributed by atoms with van der Waals surface area (Å²) in [7, 11) is 0. The quantitative estimate of drug-likeness (QED) is 0.855. The molecule has 2 N–H and O–H groups in total. The molecule has 0 fully saturated rings. The Hall–Kier alpha value is -1.47. The standard InChI is InChI=1S/C8H7N3O2S2/c12-7(13)6-3-11-8(15-6)10-2-5-1-9-4-14-5/h1,3-4H,2H2,(H,10,11)(H,12,13). The molecular formula is C8H7N3O2S2. The highest BCUT2D eigenvalue weighted by Gasteiger charge is 2.07. The first kappa shape index (κ1) is 10.1. The van der Waals surface area contributed by atoms with Crippen LogP contribution in [0.3, 0.4) is 0 Å². The van der Waals surface area contributed by atoms with Crippen molar-refractivity contribution in [3.8, 4) is 0 Å². The minimum Gasteiger partial charge on any atom is -0.477 e. The fourth-order valence-corrected chi connectivity index (χ4v) is 2.13. The van der Waals surface area contributed by atoms with Gasteiger partial charge in [0.25, 0.3) is 0 Å². The molecular weight excluding hydrogens is 234 g/mol. The van der Waals surface area contributed by atoms with E-state index in [1.54, 1.807) is 23.0 Å².